The zero-order valence-electron chi connectivity index (χ0n) is 11.3. The first-order chi connectivity index (χ1) is 9.13. The summed E-state index contributed by atoms with van der Waals surface area (Å²) in [6.07, 6.45) is -3.83. The summed E-state index contributed by atoms with van der Waals surface area (Å²) < 4.78 is 26.0. The smallest absolute Gasteiger partial charge is 0.335 e. The lowest BCUT2D eigenvalue weighted by Gasteiger charge is -2.29. The fourth-order valence-corrected chi connectivity index (χ4v) is 1.53. The summed E-state index contributed by atoms with van der Waals surface area (Å²) in [4.78, 5) is 33.1. The molecule has 0 spiro atoms. The van der Waals surface area contributed by atoms with E-state index in [0.717, 1.165) is 6.92 Å². The van der Waals surface area contributed by atoms with E-state index in [1.54, 1.807) is 5.32 Å². The Balaban J connectivity index is 4.63. The van der Waals surface area contributed by atoms with Gasteiger partial charge in [-0.3, -0.25) is 9.59 Å². The lowest BCUT2D eigenvalue weighted by molar-refractivity contribution is -0.155. The third-order valence-corrected chi connectivity index (χ3v) is 2.61. The van der Waals surface area contributed by atoms with Crippen LogP contribution in [0.15, 0.2) is 0 Å². The Hall–Kier alpha value is -1.77. The molecule has 0 aromatic rings. The molecule has 0 bridgehead atoms. The predicted octanol–water partition coefficient (Wildman–Crippen LogP) is -0.545. The summed E-state index contributed by atoms with van der Waals surface area (Å²) in [7, 11) is 0. The molecule has 116 valence electrons. The van der Waals surface area contributed by atoms with Gasteiger partial charge in [-0.2, -0.15) is 0 Å². The summed E-state index contributed by atoms with van der Waals surface area (Å²) in [5, 5.41) is 13.1. The molecule has 2 amide bonds. The number of carbonyl (C=O) groups excluding carboxylic acids is 2. The second-order valence-electron chi connectivity index (χ2n) is 4.44. The van der Waals surface area contributed by atoms with Gasteiger partial charge >= 0.3 is 5.97 Å². The van der Waals surface area contributed by atoms with E-state index in [1.807, 2.05) is 0 Å². The van der Waals surface area contributed by atoms with Crippen molar-refractivity contribution < 1.29 is 28.3 Å². The number of amides is 2. The van der Waals surface area contributed by atoms with Crippen molar-refractivity contribution in [2.75, 3.05) is 6.54 Å². The zero-order valence-corrected chi connectivity index (χ0v) is 11.3. The minimum Gasteiger partial charge on any atom is -0.479 e. The number of rotatable bonds is 8. The third kappa shape index (κ3) is 5.08. The number of halogens is 2. The Kier molecular flexibility index (Phi) is 7.05. The molecule has 20 heavy (non-hydrogen) atoms. The van der Waals surface area contributed by atoms with Gasteiger partial charge in [0.15, 0.2) is 5.54 Å². The summed E-state index contributed by atoms with van der Waals surface area (Å²) >= 11 is 0. The Bertz CT molecular complexity index is 377. The van der Waals surface area contributed by atoms with Crippen molar-refractivity contribution in [3.05, 3.63) is 0 Å². The maximum Gasteiger partial charge on any atom is 0.335 e. The van der Waals surface area contributed by atoms with Gasteiger partial charge in [0.2, 0.25) is 11.8 Å². The van der Waals surface area contributed by atoms with Crippen LogP contribution < -0.4 is 16.4 Å². The fourth-order valence-electron chi connectivity index (χ4n) is 1.53. The van der Waals surface area contributed by atoms with Crippen molar-refractivity contribution in [1.82, 2.24) is 10.6 Å². The van der Waals surface area contributed by atoms with E-state index in [0.29, 0.717) is 0 Å². The van der Waals surface area contributed by atoms with Gasteiger partial charge in [0.05, 0.1) is 6.04 Å². The number of alkyl halides is 2. The van der Waals surface area contributed by atoms with Crippen molar-refractivity contribution in [2.24, 2.45) is 5.73 Å². The predicted molar refractivity (Wildman–Crippen MR) is 66.1 cm³/mol. The Morgan fingerprint density at radius 3 is 2.25 bits per heavy atom. The van der Waals surface area contributed by atoms with Crippen LogP contribution >= 0.6 is 0 Å². The molecule has 0 aromatic heterocycles. The quantitative estimate of drug-likeness (QED) is 0.448. The average Bonchev–Trinajstić information content (AvgIpc) is 2.31. The topological polar surface area (TPSA) is 122 Å². The number of nitrogens with two attached hydrogens (primary N) is 1. The summed E-state index contributed by atoms with van der Waals surface area (Å²) in [5.74, 6) is -3.16. The number of aliphatic carboxylic acids is 1. The second kappa shape index (κ2) is 7.73. The van der Waals surface area contributed by atoms with Crippen LogP contribution in [0.3, 0.4) is 0 Å². The number of hydrogen-bond acceptors (Lipinski definition) is 4. The van der Waals surface area contributed by atoms with Crippen molar-refractivity contribution in [1.29, 1.82) is 0 Å². The molecule has 9 heteroatoms. The van der Waals surface area contributed by atoms with E-state index < -0.39 is 42.2 Å². The molecule has 0 fully saturated rings. The third-order valence-electron chi connectivity index (χ3n) is 2.61. The van der Waals surface area contributed by atoms with E-state index in [-0.39, 0.29) is 13.0 Å². The van der Waals surface area contributed by atoms with Crippen LogP contribution in [-0.4, -0.2) is 47.4 Å². The van der Waals surface area contributed by atoms with Crippen LogP contribution in [0.2, 0.25) is 0 Å². The number of hydrogen-bond donors (Lipinski definition) is 4. The number of carbonyl (C=O) groups is 3. The second-order valence-corrected chi connectivity index (χ2v) is 4.44. The summed E-state index contributed by atoms with van der Waals surface area (Å²) in [6, 6.07) is -0.746. The lowest BCUT2D eigenvalue weighted by Crippen LogP contribution is -2.59. The molecule has 5 N–H and O–H groups in total. The van der Waals surface area contributed by atoms with E-state index in [2.05, 4.69) is 5.32 Å². The maximum absolute atomic E-state index is 13.0. The normalized spacial score (nSPS) is 15.3. The van der Waals surface area contributed by atoms with Crippen LogP contribution in [-0.2, 0) is 14.4 Å². The van der Waals surface area contributed by atoms with E-state index in [9.17, 15) is 23.2 Å². The Morgan fingerprint density at radius 2 is 1.90 bits per heavy atom. The van der Waals surface area contributed by atoms with Crippen molar-refractivity contribution in [2.45, 2.75) is 44.7 Å². The largest absolute Gasteiger partial charge is 0.479 e. The average molecular weight is 295 g/mol. The van der Waals surface area contributed by atoms with Crippen LogP contribution in [0.25, 0.3) is 0 Å². The van der Waals surface area contributed by atoms with Crippen LogP contribution in [0.1, 0.15) is 26.7 Å². The number of carboxylic acids is 1. The molecule has 0 aliphatic carbocycles. The van der Waals surface area contributed by atoms with Crippen molar-refractivity contribution >= 4 is 17.8 Å². The highest BCUT2D eigenvalue weighted by atomic mass is 19.3. The highest BCUT2D eigenvalue weighted by Gasteiger charge is 2.48. The standard InChI is InChI=1S/C11H19F2N3O4/c1-6(14)8(18)15-5-3-4-11(9(12)13,10(19)20)16-7(2)17/h6,9H,3-5,14H2,1-2H3,(H,15,18)(H,16,17)(H,19,20). The first kappa shape index (κ1) is 18.2. The molecule has 0 heterocycles. The van der Waals surface area contributed by atoms with E-state index in [1.165, 1.54) is 6.92 Å². The first-order valence-electron chi connectivity index (χ1n) is 5.97. The highest BCUT2D eigenvalue weighted by Crippen LogP contribution is 2.22. The number of carboxylic acid groups (broad SMARTS) is 1. The molecular weight excluding hydrogens is 276 g/mol. The molecule has 0 aliphatic rings. The van der Waals surface area contributed by atoms with Gasteiger partial charge in [0.1, 0.15) is 0 Å². The van der Waals surface area contributed by atoms with Gasteiger partial charge in [-0.25, -0.2) is 13.6 Å². The molecule has 2 unspecified atom stereocenters. The number of nitrogens with one attached hydrogen (secondary N) is 2. The van der Waals surface area contributed by atoms with Crippen molar-refractivity contribution in [3.63, 3.8) is 0 Å². The van der Waals surface area contributed by atoms with Gasteiger partial charge < -0.3 is 21.5 Å². The molecule has 2 atom stereocenters. The molecule has 0 radical (unpaired) electrons. The van der Waals surface area contributed by atoms with Gasteiger partial charge in [-0.1, -0.05) is 0 Å². The summed E-state index contributed by atoms with van der Waals surface area (Å²) in [6.45, 7) is 2.40. The monoisotopic (exact) mass is 295 g/mol. The summed E-state index contributed by atoms with van der Waals surface area (Å²) in [5.41, 5.74) is 2.64. The van der Waals surface area contributed by atoms with Crippen LogP contribution in [0.5, 0.6) is 0 Å². The van der Waals surface area contributed by atoms with Crippen LogP contribution in [0, 0.1) is 0 Å². The van der Waals surface area contributed by atoms with Gasteiger partial charge in [-0.05, 0) is 19.8 Å². The molecule has 7 nitrogen and oxygen atoms in total. The van der Waals surface area contributed by atoms with E-state index in [4.69, 9.17) is 10.8 Å². The molecular formula is C11H19F2N3O4. The van der Waals surface area contributed by atoms with E-state index >= 15 is 0 Å². The van der Waals surface area contributed by atoms with Gasteiger partial charge in [0, 0.05) is 13.5 Å². The highest BCUT2D eigenvalue weighted by molar-refractivity contribution is 5.86. The maximum atomic E-state index is 13.0. The molecule has 0 saturated heterocycles. The minimum atomic E-state index is -3.27. The Labute approximate surface area is 114 Å². The molecule has 0 rings (SSSR count). The molecule has 0 saturated carbocycles. The Morgan fingerprint density at radius 1 is 1.35 bits per heavy atom. The first-order valence-corrected chi connectivity index (χ1v) is 5.97. The molecule has 0 aromatic carbocycles. The fraction of sp³-hybridized carbons (Fsp3) is 0.727. The van der Waals surface area contributed by atoms with Gasteiger partial charge in [-0.15, -0.1) is 0 Å². The SMILES string of the molecule is CC(=O)NC(CCCNC(=O)C(C)N)(C(=O)O)C(F)F. The van der Waals surface area contributed by atoms with Crippen LogP contribution in [0.4, 0.5) is 8.78 Å². The molecule has 0 aliphatic heterocycles. The minimum absolute atomic E-state index is 0.0122. The van der Waals surface area contributed by atoms with Gasteiger partial charge in [0.25, 0.3) is 6.43 Å². The lowest BCUT2D eigenvalue weighted by atomic mass is 9.93. The van der Waals surface area contributed by atoms with Crippen molar-refractivity contribution in [3.8, 4) is 0 Å². The zero-order chi connectivity index (χ0) is 15.9.